The summed E-state index contributed by atoms with van der Waals surface area (Å²) in [6, 6.07) is 4.95. The molecule has 4 nitrogen and oxygen atoms in total. The Morgan fingerprint density at radius 1 is 1.41 bits per heavy atom. The molecule has 1 fully saturated rings. The topological polar surface area (TPSA) is 49.8 Å². The first-order valence-electron chi connectivity index (χ1n) is 5.83. The zero-order valence-electron chi connectivity index (χ0n) is 9.98. The fraction of sp³-hybridized carbons (Fsp3) is 0.462. The summed E-state index contributed by atoms with van der Waals surface area (Å²) in [6.07, 6.45) is 2.45. The van der Waals surface area contributed by atoms with Gasteiger partial charge in [-0.2, -0.15) is 0 Å². The Morgan fingerprint density at radius 2 is 2.12 bits per heavy atom. The van der Waals surface area contributed by atoms with Gasteiger partial charge in [0, 0.05) is 12.1 Å². The van der Waals surface area contributed by atoms with Crippen molar-refractivity contribution in [3.05, 3.63) is 29.3 Å². The minimum absolute atomic E-state index is 0.166. The Labute approximate surface area is 101 Å². The maximum atomic E-state index is 11.3. The number of methoxy groups -OCH3 is 1. The van der Waals surface area contributed by atoms with Crippen molar-refractivity contribution in [2.24, 2.45) is 0 Å². The van der Waals surface area contributed by atoms with Gasteiger partial charge in [-0.15, -0.1) is 0 Å². The van der Waals surface area contributed by atoms with Gasteiger partial charge >= 0.3 is 5.97 Å². The fourth-order valence-corrected chi connectivity index (χ4v) is 2.12. The van der Waals surface area contributed by atoms with Crippen LogP contribution in [0.4, 0.5) is 0 Å². The molecule has 2 rings (SSSR count). The number of rotatable bonds is 3. The van der Waals surface area contributed by atoms with Crippen LogP contribution in [0.5, 0.6) is 5.75 Å². The number of aromatic hydroxyl groups is 1. The smallest absolute Gasteiger partial charge is 0.337 e. The molecule has 1 N–H and O–H groups in total. The number of esters is 1. The van der Waals surface area contributed by atoms with Gasteiger partial charge in [0.05, 0.1) is 12.7 Å². The van der Waals surface area contributed by atoms with Crippen LogP contribution in [0.25, 0.3) is 0 Å². The second-order valence-corrected chi connectivity index (χ2v) is 4.32. The molecule has 0 atom stereocenters. The van der Waals surface area contributed by atoms with Crippen molar-refractivity contribution >= 4 is 5.97 Å². The Balaban J connectivity index is 2.10. The van der Waals surface area contributed by atoms with Gasteiger partial charge in [-0.25, -0.2) is 4.79 Å². The van der Waals surface area contributed by atoms with E-state index in [0.29, 0.717) is 5.56 Å². The number of carbonyl (C=O) groups is 1. The normalized spacial score (nSPS) is 16.1. The van der Waals surface area contributed by atoms with Crippen LogP contribution in [0.3, 0.4) is 0 Å². The van der Waals surface area contributed by atoms with Crippen molar-refractivity contribution in [3.8, 4) is 5.75 Å². The number of benzene rings is 1. The largest absolute Gasteiger partial charge is 0.508 e. The molecule has 1 aromatic rings. The highest BCUT2D eigenvalue weighted by molar-refractivity contribution is 5.89. The molecule has 0 spiro atoms. The number of phenolic OH excluding ortho intramolecular Hbond substituents is 1. The maximum absolute atomic E-state index is 11.3. The predicted octanol–water partition coefficient (Wildman–Crippen LogP) is 1.77. The molecule has 0 aromatic heterocycles. The molecule has 0 unspecified atom stereocenters. The van der Waals surface area contributed by atoms with E-state index in [1.807, 2.05) is 0 Å². The Hall–Kier alpha value is -1.55. The van der Waals surface area contributed by atoms with Gasteiger partial charge in [0.15, 0.2) is 0 Å². The summed E-state index contributed by atoms with van der Waals surface area (Å²) in [5, 5.41) is 9.86. The Bertz CT molecular complexity index is 411. The lowest BCUT2D eigenvalue weighted by atomic mass is 10.1. The van der Waals surface area contributed by atoms with E-state index >= 15 is 0 Å². The third-order valence-electron chi connectivity index (χ3n) is 3.10. The molecule has 92 valence electrons. The molecule has 0 saturated carbocycles. The second kappa shape index (κ2) is 5.19. The molecule has 1 aromatic carbocycles. The van der Waals surface area contributed by atoms with Crippen molar-refractivity contribution in [3.63, 3.8) is 0 Å². The third kappa shape index (κ3) is 2.77. The lowest BCUT2D eigenvalue weighted by Gasteiger charge is -2.15. The average molecular weight is 235 g/mol. The zero-order valence-corrected chi connectivity index (χ0v) is 9.98. The number of carbonyl (C=O) groups excluding carboxylic acids is 1. The summed E-state index contributed by atoms with van der Waals surface area (Å²) in [5.41, 5.74) is 1.25. The molecule has 1 aliphatic rings. The summed E-state index contributed by atoms with van der Waals surface area (Å²) in [6.45, 7) is 2.91. The van der Waals surface area contributed by atoms with Crippen molar-refractivity contribution in [2.75, 3.05) is 20.2 Å². The van der Waals surface area contributed by atoms with Gasteiger partial charge in [0.2, 0.25) is 0 Å². The molecule has 1 saturated heterocycles. The van der Waals surface area contributed by atoms with Crippen LogP contribution in [-0.2, 0) is 11.3 Å². The van der Waals surface area contributed by atoms with Crippen molar-refractivity contribution < 1.29 is 14.6 Å². The summed E-state index contributed by atoms with van der Waals surface area (Å²) in [4.78, 5) is 13.6. The highest BCUT2D eigenvalue weighted by Gasteiger charge is 2.15. The van der Waals surface area contributed by atoms with Crippen LogP contribution in [0.1, 0.15) is 28.8 Å². The second-order valence-electron chi connectivity index (χ2n) is 4.32. The van der Waals surface area contributed by atoms with Crippen LogP contribution >= 0.6 is 0 Å². The minimum atomic E-state index is -0.423. The van der Waals surface area contributed by atoms with Crippen molar-refractivity contribution in [1.82, 2.24) is 4.90 Å². The number of ether oxygens (including phenoxy) is 1. The van der Waals surface area contributed by atoms with Crippen molar-refractivity contribution in [2.45, 2.75) is 19.4 Å². The highest BCUT2D eigenvalue weighted by atomic mass is 16.5. The van der Waals surface area contributed by atoms with Crippen LogP contribution in [0, 0.1) is 0 Å². The van der Waals surface area contributed by atoms with E-state index in [1.54, 1.807) is 12.1 Å². The zero-order chi connectivity index (χ0) is 12.3. The minimum Gasteiger partial charge on any atom is -0.508 e. The Morgan fingerprint density at radius 3 is 2.71 bits per heavy atom. The highest BCUT2D eigenvalue weighted by Crippen LogP contribution is 2.22. The molecular formula is C13H17NO3. The fourth-order valence-electron chi connectivity index (χ4n) is 2.12. The first-order valence-corrected chi connectivity index (χ1v) is 5.83. The van der Waals surface area contributed by atoms with Gasteiger partial charge < -0.3 is 9.84 Å². The summed E-state index contributed by atoms with van der Waals surface area (Å²) in [7, 11) is 1.33. The van der Waals surface area contributed by atoms with E-state index < -0.39 is 5.97 Å². The summed E-state index contributed by atoms with van der Waals surface area (Å²) >= 11 is 0. The number of nitrogens with zero attached hydrogens (tertiary/aromatic N) is 1. The molecule has 0 radical (unpaired) electrons. The lowest BCUT2D eigenvalue weighted by Crippen LogP contribution is -2.18. The lowest BCUT2D eigenvalue weighted by molar-refractivity contribution is 0.0600. The van der Waals surface area contributed by atoms with E-state index in [1.165, 1.54) is 26.0 Å². The molecular weight excluding hydrogens is 218 g/mol. The van der Waals surface area contributed by atoms with Gasteiger partial charge in [-0.1, -0.05) is 6.07 Å². The van der Waals surface area contributed by atoms with Gasteiger partial charge in [-0.05, 0) is 38.1 Å². The average Bonchev–Trinajstić information content (AvgIpc) is 2.83. The molecule has 4 heteroatoms. The third-order valence-corrected chi connectivity index (χ3v) is 3.10. The Kier molecular flexibility index (Phi) is 3.64. The number of phenols is 1. The van der Waals surface area contributed by atoms with Crippen molar-refractivity contribution in [1.29, 1.82) is 0 Å². The number of likely N-dealkylation sites (tertiary alicyclic amines) is 1. The van der Waals surface area contributed by atoms with Gasteiger partial charge in [-0.3, -0.25) is 4.90 Å². The summed E-state index contributed by atoms with van der Waals surface area (Å²) in [5.74, 6) is -0.257. The first-order chi connectivity index (χ1) is 8.20. The molecule has 1 heterocycles. The molecule has 0 aliphatic carbocycles. The SMILES string of the molecule is COC(=O)c1ccc(CN2CCCC2)c(O)c1. The quantitative estimate of drug-likeness (QED) is 0.811. The first kappa shape index (κ1) is 11.9. The molecule has 0 bridgehead atoms. The summed E-state index contributed by atoms with van der Waals surface area (Å²) < 4.78 is 4.60. The van der Waals surface area contributed by atoms with Gasteiger partial charge in [0.25, 0.3) is 0 Å². The molecule has 1 aliphatic heterocycles. The van der Waals surface area contributed by atoms with E-state index in [0.717, 1.165) is 25.2 Å². The number of hydrogen-bond donors (Lipinski definition) is 1. The van der Waals surface area contributed by atoms with E-state index in [9.17, 15) is 9.90 Å². The van der Waals surface area contributed by atoms with Crippen LogP contribution in [0.15, 0.2) is 18.2 Å². The predicted molar refractivity (Wildman–Crippen MR) is 64.0 cm³/mol. The van der Waals surface area contributed by atoms with Crippen LogP contribution in [-0.4, -0.2) is 36.2 Å². The standard InChI is InChI=1S/C13H17NO3/c1-17-13(16)10-4-5-11(12(15)8-10)9-14-6-2-3-7-14/h4-5,8,15H,2-3,6-7,9H2,1H3. The van der Waals surface area contributed by atoms with Crippen LogP contribution in [0.2, 0.25) is 0 Å². The van der Waals surface area contributed by atoms with Gasteiger partial charge in [0.1, 0.15) is 5.75 Å². The van der Waals surface area contributed by atoms with E-state index in [4.69, 9.17) is 0 Å². The monoisotopic (exact) mass is 235 g/mol. The maximum Gasteiger partial charge on any atom is 0.337 e. The van der Waals surface area contributed by atoms with E-state index in [-0.39, 0.29) is 5.75 Å². The van der Waals surface area contributed by atoms with E-state index in [2.05, 4.69) is 9.64 Å². The number of hydrogen-bond acceptors (Lipinski definition) is 4. The molecule has 0 amide bonds. The van der Waals surface area contributed by atoms with Crippen LogP contribution < -0.4 is 0 Å². The molecule has 17 heavy (non-hydrogen) atoms.